The number of ketones is 1. The summed E-state index contributed by atoms with van der Waals surface area (Å²) in [7, 11) is 0. The van der Waals surface area contributed by atoms with Crippen molar-refractivity contribution < 1.29 is 9.59 Å². The predicted molar refractivity (Wildman–Crippen MR) is 56.7 cm³/mol. The first-order valence-corrected chi connectivity index (χ1v) is 5.04. The SMILES string of the molecule is CCCCCC(C)=C(NC=O)C(C)=O. The molecule has 0 aliphatic rings. The molecular weight excluding hydrogens is 178 g/mol. The minimum Gasteiger partial charge on any atom is -0.326 e. The Balaban J connectivity index is 4.31. The van der Waals surface area contributed by atoms with E-state index in [-0.39, 0.29) is 5.78 Å². The summed E-state index contributed by atoms with van der Waals surface area (Å²) in [5, 5.41) is 2.46. The molecular formula is C11H19NO2. The quantitative estimate of drug-likeness (QED) is 0.386. The van der Waals surface area contributed by atoms with Gasteiger partial charge in [0.25, 0.3) is 0 Å². The molecule has 0 rings (SSSR count). The maximum atomic E-state index is 11.1. The van der Waals surface area contributed by atoms with Crippen LogP contribution in [-0.4, -0.2) is 12.2 Å². The third kappa shape index (κ3) is 4.80. The van der Waals surface area contributed by atoms with Gasteiger partial charge in [0.05, 0.1) is 5.70 Å². The van der Waals surface area contributed by atoms with Crippen LogP contribution in [0.3, 0.4) is 0 Å². The lowest BCUT2D eigenvalue weighted by Crippen LogP contribution is -2.18. The summed E-state index contributed by atoms with van der Waals surface area (Å²) in [6, 6.07) is 0. The van der Waals surface area contributed by atoms with Crippen LogP contribution in [0.1, 0.15) is 46.5 Å². The average molecular weight is 197 g/mol. The third-order valence-corrected chi connectivity index (χ3v) is 2.14. The Morgan fingerprint density at radius 2 is 1.93 bits per heavy atom. The Hall–Kier alpha value is -1.12. The summed E-state index contributed by atoms with van der Waals surface area (Å²) in [4.78, 5) is 21.4. The molecule has 0 aromatic heterocycles. The minimum atomic E-state index is -0.0777. The Bertz CT molecular complexity index is 231. The lowest BCUT2D eigenvalue weighted by molar-refractivity contribution is -0.116. The van der Waals surface area contributed by atoms with E-state index in [1.807, 2.05) is 6.92 Å². The standard InChI is InChI=1S/C11H19NO2/c1-4-5-6-7-9(2)11(10(3)14)12-8-13/h8H,4-7H2,1-3H3,(H,12,13). The van der Waals surface area contributed by atoms with E-state index in [9.17, 15) is 9.59 Å². The number of unbranched alkanes of at least 4 members (excludes halogenated alkanes) is 2. The van der Waals surface area contributed by atoms with Gasteiger partial charge in [-0.1, -0.05) is 19.8 Å². The fourth-order valence-corrected chi connectivity index (χ4v) is 1.35. The number of amides is 1. The van der Waals surface area contributed by atoms with Crippen molar-refractivity contribution in [1.29, 1.82) is 0 Å². The van der Waals surface area contributed by atoms with Crippen LogP contribution in [0, 0.1) is 0 Å². The predicted octanol–water partition coefficient (Wildman–Crippen LogP) is 2.18. The van der Waals surface area contributed by atoms with Crippen molar-refractivity contribution in [3.63, 3.8) is 0 Å². The smallest absolute Gasteiger partial charge is 0.211 e. The summed E-state index contributed by atoms with van der Waals surface area (Å²) in [5.41, 5.74) is 1.43. The molecule has 0 saturated heterocycles. The number of rotatable bonds is 7. The molecule has 0 fully saturated rings. The van der Waals surface area contributed by atoms with E-state index >= 15 is 0 Å². The van der Waals surface area contributed by atoms with E-state index in [1.165, 1.54) is 6.92 Å². The number of allylic oxidation sites excluding steroid dienone is 2. The molecule has 14 heavy (non-hydrogen) atoms. The highest BCUT2D eigenvalue weighted by molar-refractivity contribution is 5.95. The topological polar surface area (TPSA) is 46.2 Å². The first kappa shape index (κ1) is 12.9. The zero-order valence-electron chi connectivity index (χ0n) is 9.22. The van der Waals surface area contributed by atoms with E-state index in [0.717, 1.165) is 31.3 Å². The van der Waals surface area contributed by atoms with Crippen LogP contribution < -0.4 is 5.32 Å². The second-order valence-electron chi connectivity index (χ2n) is 3.43. The molecule has 1 N–H and O–H groups in total. The minimum absolute atomic E-state index is 0.0777. The van der Waals surface area contributed by atoms with Crippen molar-refractivity contribution in [2.75, 3.05) is 0 Å². The first-order chi connectivity index (χ1) is 6.63. The zero-order chi connectivity index (χ0) is 11.0. The first-order valence-electron chi connectivity index (χ1n) is 5.04. The number of hydrogen-bond acceptors (Lipinski definition) is 2. The van der Waals surface area contributed by atoms with Gasteiger partial charge in [0.15, 0.2) is 5.78 Å². The van der Waals surface area contributed by atoms with Crippen LogP contribution in [0.5, 0.6) is 0 Å². The maximum absolute atomic E-state index is 11.1. The highest BCUT2D eigenvalue weighted by Crippen LogP contribution is 2.11. The highest BCUT2D eigenvalue weighted by atomic mass is 16.1. The van der Waals surface area contributed by atoms with Crippen LogP contribution in [0.15, 0.2) is 11.3 Å². The molecule has 1 amide bonds. The van der Waals surface area contributed by atoms with Gasteiger partial charge in [-0.05, 0) is 25.3 Å². The number of nitrogens with one attached hydrogen (secondary N) is 1. The highest BCUT2D eigenvalue weighted by Gasteiger charge is 2.06. The Labute approximate surface area is 85.6 Å². The third-order valence-electron chi connectivity index (χ3n) is 2.14. The summed E-state index contributed by atoms with van der Waals surface area (Å²) >= 11 is 0. The molecule has 0 aliphatic carbocycles. The van der Waals surface area contributed by atoms with Gasteiger partial charge in [0, 0.05) is 6.92 Å². The van der Waals surface area contributed by atoms with Crippen molar-refractivity contribution in [2.24, 2.45) is 0 Å². The molecule has 0 aromatic carbocycles. The largest absolute Gasteiger partial charge is 0.326 e. The van der Waals surface area contributed by atoms with Gasteiger partial charge in [-0.3, -0.25) is 9.59 Å². The monoisotopic (exact) mass is 197 g/mol. The van der Waals surface area contributed by atoms with Gasteiger partial charge in [-0.25, -0.2) is 0 Å². The van der Waals surface area contributed by atoms with E-state index in [0.29, 0.717) is 12.1 Å². The molecule has 0 radical (unpaired) electrons. The van der Waals surface area contributed by atoms with E-state index in [4.69, 9.17) is 0 Å². The van der Waals surface area contributed by atoms with Gasteiger partial charge in [-0.15, -0.1) is 0 Å². The summed E-state index contributed by atoms with van der Waals surface area (Å²) in [6.45, 7) is 5.49. The molecule has 0 spiro atoms. The van der Waals surface area contributed by atoms with Crippen molar-refractivity contribution in [3.8, 4) is 0 Å². The molecule has 0 aromatic rings. The average Bonchev–Trinajstić information content (AvgIpc) is 2.13. The second-order valence-corrected chi connectivity index (χ2v) is 3.43. The molecule has 0 unspecified atom stereocenters. The van der Waals surface area contributed by atoms with Gasteiger partial charge in [0.1, 0.15) is 0 Å². The second kappa shape index (κ2) is 7.30. The molecule has 0 atom stereocenters. The van der Waals surface area contributed by atoms with E-state index in [2.05, 4.69) is 12.2 Å². The van der Waals surface area contributed by atoms with Crippen LogP contribution in [-0.2, 0) is 9.59 Å². The van der Waals surface area contributed by atoms with Gasteiger partial charge < -0.3 is 5.32 Å². The van der Waals surface area contributed by atoms with E-state index in [1.54, 1.807) is 0 Å². The number of carbonyl (C=O) groups is 2. The number of hydrogen-bond donors (Lipinski definition) is 1. The molecule has 3 nitrogen and oxygen atoms in total. The Morgan fingerprint density at radius 3 is 2.36 bits per heavy atom. The fraction of sp³-hybridized carbons (Fsp3) is 0.636. The molecule has 0 saturated carbocycles. The molecule has 0 bridgehead atoms. The normalized spacial score (nSPS) is 11.9. The van der Waals surface area contributed by atoms with E-state index < -0.39 is 0 Å². The van der Waals surface area contributed by atoms with Crippen molar-refractivity contribution >= 4 is 12.2 Å². The Morgan fingerprint density at radius 1 is 1.29 bits per heavy atom. The van der Waals surface area contributed by atoms with Crippen molar-refractivity contribution in [2.45, 2.75) is 46.5 Å². The van der Waals surface area contributed by atoms with Gasteiger partial charge in [0.2, 0.25) is 6.41 Å². The summed E-state index contributed by atoms with van der Waals surface area (Å²) in [5.74, 6) is -0.0777. The fourth-order valence-electron chi connectivity index (χ4n) is 1.35. The molecule has 80 valence electrons. The Kier molecular flexibility index (Phi) is 6.72. The lowest BCUT2D eigenvalue weighted by Gasteiger charge is -2.07. The maximum Gasteiger partial charge on any atom is 0.211 e. The molecule has 0 heterocycles. The zero-order valence-corrected chi connectivity index (χ0v) is 9.22. The van der Waals surface area contributed by atoms with Crippen molar-refractivity contribution in [3.05, 3.63) is 11.3 Å². The van der Waals surface area contributed by atoms with Gasteiger partial charge >= 0.3 is 0 Å². The molecule has 0 aliphatic heterocycles. The van der Waals surface area contributed by atoms with Crippen LogP contribution >= 0.6 is 0 Å². The molecule has 3 heteroatoms. The van der Waals surface area contributed by atoms with Crippen LogP contribution in [0.2, 0.25) is 0 Å². The summed E-state index contributed by atoms with van der Waals surface area (Å²) in [6.07, 6.45) is 4.82. The van der Waals surface area contributed by atoms with Crippen molar-refractivity contribution in [1.82, 2.24) is 5.32 Å². The summed E-state index contributed by atoms with van der Waals surface area (Å²) < 4.78 is 0. The lowest BCUT2D eigenvalue weighted by atomic mass is 10.1. The van der Waals surface area contributed by atoms with Crippen LogP contribution in [0.25, 0.3) is 0 Å². The van der Waals surface area contributed by atoms with Crippen LogP contribution in [0.4, 0.5) is 0 Å². The number of carbonyl (C=O) groups excluding carboxylic acids is 2. The van der Waals surface area contributed by atoms with Gasteiger partial charge in [-0.2, -0.15) is 0 Å². The number of Topliss-reactive ketones (excluding diaryl/α,β-unsaturated/α-hetero) is 1.